The summed E-state index contributed by atoms with van der Waals surface area (Å²) in [6, 6.07) is 11.5. The Morgan fingerprint density at radius 3 is 2.52 bits per heavy atom. The Kier molecular flexibility index (Phi) is 5.97. The minimum absolute atomic E-state index is 0.126. The predicted molar refractivity (Wildman–Crippen MR) is 99.7 cm³/mol. The molecule has 3 rings (SSSR count). The molecule has 0 spiro atoms. The van der Waals surface area contributed by atoms with E-state index in [2.05, 4.69) is 14.9 Å². The molecule has 142 valence electrons. The summed E-state index contributed by atoms with van der Waals surface area (Å²) < 4.78 is 4.96. The normalized spacial score (nSPS) is 15.3. The molecule has 0 aliphatic carbocycles. The van der Waals surface area contributed by atoms with Crippen LogP contribution in [-0.2, 0) is 20.7 Å². The lowest BCUT2D eigenvalue weighted by Crippen LogP contribution is -2.49. The second-order valence-corrected chi connectivity index (χ2v) is 6.36. The number of hydrogen-bond donors (Lipinski definition) is 1. The van der Waals surface area contributed by atoms with Gasteiger partial charge in [-0.05, 0) is 5.56 Å². The van der Waals surface area contributed by atoms with Gasteiger partial charge in [0.15, 0.2) is 6.23 Å². The van der Waals surface area contributed by atoms with Crippen molar-refractivity contribution >= 4 is 17.7 Å². The van der Waals surface area contributed by atoms with Gasteiger partial charge in [-0.15, -0.1) is 0 Å². The first-order chi connectivity index (χ1) is 13.0. The monoisotopic (exact) mass is 369 g/mol. The Balaban J connectivity index is 1.57. The van der Waals surface area contributed by atoms with Crippen LogP contribution in [0.5, 0.6) is 0 Å². The van der Waals surface area contributed by atoms with Gasteiger partial charge in [0.05, 0.1) is 6.42 Å². The first-order valence-electron chi connectivity index (χ1n) is 8.84. The number of nitrogens with two attached hydrogens (primary N) is 1. The summed E-state index contributed by atoms with van der Waals surface area (Å²) in [7, 11) is 0. The van der Waals surface area contributed by atoms with Crippen molar-refractivity contribution in [3.63, 3.8) is 0 Å². The van der Waals surface area contributed by atoms with Crippen molar-refractivity contribution < 1.29 is 14.3 Å². The minimum atomic E-state index is -0.919. The zero-order valence-corrected chi connectivity index (χ0v) is 15.2. The van der Waals surface area contributed by atoms with E-state index < -0.39 is 12.2 Å². The Morgan fingerprint density at radius 1 is 1.15 bits per heavy atom. The largest absolute Gasteiger partial charge is 0.441 e. The zero-order chi connectivity index (χ0) is 19.2. The highest BCUT2D eigenvalue weighted by atomic mass is 16.6. The lowest BCUT2D eigenvalue weighted by molar-refractivity contribution is -0.146. The number of amides is 1. The second kappa shape index (κ2) is 8.59. The van der Waals surface area contributed by atoms with Gasteiger partial charge in [0.1, 0.15) is 17.8 Å². The maximum Gasteiger partial charge on any atom is 0.304 e. The molecule has 27 heavy (non-hydrogen) atoms. The molecule has 1 amide bonds. The summed E-state index contributed by atoms with van der Waals surface area (Å²) in [5.74, 6) is 0.368. The molecule has 8 heteroatoms. The van der Waals surface area contributed by atoms with Crippen LogP contribution in [-0.4, -0.2) is 52.9 Å². The quantitative estimate of drug-likeness (QED) is 0.617. The SMILES string of the molecule is CC(=O)OC(N)c1cc(N2CCN(C(=O)Cc3ccccc3)CC2)ncn1. The smallest absolute Gasteiger partial charge is 0.304 e. The third-order valence-electron chi connectivity index (χ3n) is 4.41. The van der Waals surface area contributed by atoms with Gasteiger partial charge in [-0.1, -0.05) is 30.3 Å². The molecule has 1 aromatic heterocycles. The Morgan fingerprint density at radius 2 is 1.85 bits per heavy atom. The summed E-state index contributed by atoms with van der Waals surface area (Å²) in [6.07, 6.45) is 0.898. The summed E-state index contributed by atoms with van der Waals surface area (Å²) >= 11 is 0. The van der Waals surface area contributed by atoms with E-state index in [1.54, 1.807) is 6.07 Å². The average molecular weight is 369 g/mol. The first kappa shape index (κ1) is 18.8. The summed E-state index contributed by atoms with van der Waals surface area (Å²) in [4.78, 5) is 35.8. The molecule has 2 N–H and O–H groups in total. The molecule has 2 heterocycles. The van der Waals surface area contributed by atoms with Crippen LogP contribution in [0.2, 0.25) is 0 Å². The van der Waals surface area contributed by atoms with Gasteiger partial charge in [0, 0.05) is 39.2 Å². The van der Waals surface area contributed by atoms with Crippen molar-refractivity contribution in [3.8, 4) is 0 Å². The zero-order valence-electron chi connectivity index (χ0n) is 15.2. The molecule has 2 aromatic rings. The van der Waals surface area contributed by atoms with Crippen molar-refractivity contribution in [1.82, 2.24) is 14.9 Å². The molecule has 1 atom stereocenters. The number of carbonyl (C=O) groups excluding carboxylic acids is 2. The number of piperazine rings is 1. The van der Waals surface area contributed by atoms with Crippen LogP contribution in [0.1, 0.15) is 24.4 Å². The molecule has 1 aromatic carbocycles. The molecular weight excluding hydrogens is 346 g/mol. The van der Waals surface area contributed by atoms with Gasteiger partial charge in [-0.2, -0.15) is 0 Å². The van der Waals surface area contributed by atoms with Crippen molar-refractivity contribution in [2.45, 2.75) is 19.6 Å². The molecular formula is C19H23N5O3. The van der Waals surface area contributed by atoms with E-state index in [4.69, 9.17) is 10.5 Å². The highest BCUT2D eigenvalue weighted by Crippen LogP contribution is 2.18. The van der Waals surface area contributed by atoms with Crippen LogP contribution in [0.25, 0.3) is 0 Å². The number of anilines is 1. The molecule has 1 unspecified atom stereocenters. The summed E-state index contributed by atoms with van der Waals surface area (Å²) in [5, 5.41) is 0. The van der Waals surface area contributed by atoms with E-state index in [1.165, 1.54) is 13.3 Å². The number of benzene rings is 1. The van der Waals surface area contributed by atoms with E-state index >= 15 is 0 Å². The van der Waals surface area contributed by atoms with Gasteiger partial charge < -0.3 is 14.5 Å². The van der Waals surface area contributed by atoms with Crippen LogP contribution < -0.4 is 10.6 Å². The highest BCUT2D eigenvalue weighted by molar-refractivity contribution is 5.79. The Hall–Kier alpha value is -3.00. The predicted octanol–water partition coefficient (Wildman–Crippen LogP) is 0.888. The second-order valence-electron chi connectivity index (χ2n) is 6.36. The minimum Gasteiger partial charge on any atom is -0.441 e. The van der Waals surface area contributed by atoms with Gasteiger partial charge in [-0.3, -0.25) is 15.3 Å². The van der Waals surface area contributed by atoms with Crippen LogP contribution in [0.15, 0.2) is 42.7 Å². The highest BCUT2D eigenvalue weighted by Gasteiger charge is 2.23. The fraction of sp³-hybridized carbons (Fsp3) is 0.368. The lowest BCUT2D eigenvalue weighted by atomic mass is 10.1. The topological polar surface area (TPSA) is 102 Å². The summed E-state index contributed by atoms with van der Waals surface area (Å²) in [6.45, 7) is 3.88. The molecule has 1 saturated heterocycles. The fourth-order valence-corrected chi connectivity index (χ4v) is 3.00. The van der Waals surface area contributed by atoms with Crippen LogP contribution >= 0.6 is 0 Å². The molecule has 8 nitrogen and oxygen atoms in total. The number of nitrogens with zero attached hydrogens (tertiary/aromatic N) is 4. The molecule has 1 aliphatic heterocycles. The fourth-order valence-electron chi connectivity index (χ4n) is 3.00. The van der Waals surface area contributed by atoms with Crippen LogP contribution in [0.3, 0.4) is 0 Å². The Bertz CT molecular complexity index is 791. The van der Waals surface area contributed by atoms with Gasteiger partial charge in [0.2, 0.25) is 5.91 Å². The number of aromatic nitrogens is 2. The summed E-state index contributed by atoms with van der Waals surface area (Å²) in [5.41, 5.74) is 7.29. The van der Waals surface area contributed by atoms with Gasteiger partial charge in [-0.25, -0.2) is 9.97 Å². The number of hydrogen-bond acceptors (Lipinski definition) is 7. The number of carbonyl (C=O) groups is 2. The Labute approximate surface area is 158 Å². The van der Waals surface area contributed by atoms with E-state index in [0.29, 0.717) is 44.1 Å². The molecule has 1 aliphatic rings. The molecule has 0 bridgehead atoms. The number of ether oxygens (including phenoxy) is 1. The first-order valence-corrected chi connectivity index (χ1v) is 8.84. The van der Waals surface area contributed by atoms with Gasteiger partial charge in [0.25, 0.3) is 0 Å². The standard InChI is InChI=1S/C19H23N5O3/c1-14(25)27-19(20)16-12-17(22-13-21-16)23-7-9-24(10-8-23)18(26)11-15-5-3-2-4-6-15/h2-6,12-13,19H,7-11,20H2,1H3. The number of esters is 1. The van der Waals surface area contributed by atoms with Crippen LogP contribution in [0, 0.1) is 0 Å². The van der Waals surface area contributed by atoms with Crippen molar-refractivity contribution in [3.05, 3.63) is 54.0 Å². The van der Waals surface area contributed by atoms with E-state index in [9.17, 15) is 9.59 Å². The molecule has 1 fully saturated rings. The van der Waals surface area contributed by atoms with Crippen molar-refractivity contribution in [2.75, 3.05) is 31.1 Å². The van der Waals surface area contributed by atoms with Crippen LogP contribution in [0.4, 0.5) is 5.82 Å². The lowest BCUT2D eigenvalue weighted by Gasteiger charge is -2.35. The molecule has 0 saturated carbocycles. The van der Waals surface area contributed by atoms with E-state index in [0.717, 1.165) is 5.56 Å². The van der Waals surface area contributed by atoms with E-state index in [1.807, 2.05) is 35.2 Å². The number of rotatable bonds is 5. The third kappa shape index (κ3) is 5.01. The van der Waals surface area contributed by atoms with Crippen molar-refractivity contribution in [2.24, 2.45) is 5.73 Å². The van der Waals surface area contributed by atoms with E-state index in [-0.39, 0.29) is 5.91 Å². The van der Waals surface area contributed by atoms with Crippen molar-refractivity contribution in [1.29, 1.82) is 0 Å². The molecule has 0 radical (unpaired) electrons. The average Bonchev–Trinajstić information content (AvgIpc) is 2.68. The maximum atomic E-state index is 12.5. The third-order valence-corrected chi connectivity index (χ3v) is 4.41. The maximum absolute atomic E-state index is 12.5. The van der Waals surface area contributed by atoms with Gasteiger partial charge >= 0.3 is 5.97 Å².